The second kappa shape index (κ2) is 7.62. The fourth-order valence-corrected chi connectivity index (χ4v) is 1.80. The van der Waals surface area contributed by atoms with E-state index in [9.17, 15) is 9.59 Å². The van der Waals surface area contributed by atoms with Gasteiger partial charge in [-0.2, -0.15) is 0 Å². The maximum atomic E-state index is 12.0. The Hall–Kier alpha value is -1.91. The highest BCUT2D eigenvalue weighted by molar-refractivity contribution is 5.82. The number of aryl methyl sites for hydroxylation is 1. The zero-order valence-corrected chi connectivity index (χ0v) is 12.5. The molecule has 1 aromatic rings. The molecule has 0 aromatic carbocycles. The normalized spacial score (nSPS) is 12.1. The Morgan fingerprint density at radius 1 is 1.40 bits per heavy atom. The van der Waals surface area contributed by atoms with Crippen molar-refractivity contribution in [1.82, 2.24) is 10.3 Å². The molecule has 5 nitrogen and oxygen atoms in total. The summed E-state index contributed by atoms with van der Waals surface area (Å²) < 4.78 is 5.54. The third-order valence-electron chi connectivity index (χ3n) is 3.14. The lowest BCUT2D eigenvalue weighted by Gasteiger charge is -2.19. The minimum absolute atomic E-state index is 0.148. The molecule has 0 aliphatic rings. The number of pyridine rings is 1. The Balaban J connectivity index is 2.72. The van der Waals surface area contributed by atoms with E-state index in [-0.39, 0.29) is 17.6 Å². The van der Waals surface area contributed by atoms with Crippen LogP contribution in [-0.4, -0.2) is 29.3 Å². The molecule has 0 saturated heterocycles. The number of nitrogens with zero attached hydrogens (tertiary/aromatic N) is 1. The number of carbonyl (C=O) groups excluding carboxylic acids is 2. The second-order valence-electron chi connectivity index (χ2n) is 4.74. The van der Waals surface area contributed by atoms with Gasteiger partial charge < -0.3 is 10.1 Å². The van der Waals surface area contributed by atoms with Gasteiger partial charge in [0.15, 0.2) is 12.4 Å². The highest BCUT2D eigenvalue weighted by Crippen LogP contribution is 2.16. The van der Waals surface area contributed by atoms with E-state index in [1.807, 2.05) is 13.8 Å². The first kappa shape index (κ1) is 16.1. The Bertz CT molecular complexity index is 470. The average molecular weight is 278 g/mol. The number of carbonyl (C=O) groups is 2. The van der Waals surface area contributed by atoms with Crippen LogP contribution in [0.4, 0.5) is 0 Å². The summed E-state index contributed by atoms with van der Waals surface area (Å²) >= 11 is 0. The first-order valence-electron chi connectivity index (χ1n) is 6.91. The number of nitrogens with one attached hydrogen (secondary N) is 1. The van der Waals surface area contributed by atoms with Crippen LogP contribution in [0.5, 0.6) is 5.75 Å². The lowest BCUT2D eigenvalue weighted by atomic mass is 10.1. The number of ether oxygens (including phenoxy) is 1. The monoisotopic (exact) mass is 278 g/mol. The summed E-state index contributed by atoms with van der Waals surface area (Å²) in [6.07, 6.45) is 1.72. The molecule has 0 saturated carbocycles. The first-order valence-corrected chi connectivity index (χ1v) is 6.91. The summed E-state index contributed by atoms with van der Waals surface area (Å²) in [6.45, 7) is 7.49. The predicted molar refractivity (Wildman–Crippen MR) is 77.0 cm³/mol. The maximum absolute atomic E-state index is 12.0. The minimum atomic E-state index is -0.668. The van der Waals surface area contributed by atoms with E-state index in [1.54, 1.807) is 26.0 Å². The molecule has 0 spiro atoms. The number of aldehydes is 1. The van der Waals surface area contributed by atoms with Gasteiger partial charge in [0.1, 0.15) is 11.4 Å². The summed E-state index contributed by atoms with van der Waals surface area (Å²) in [5, 5.41) is 2.91. The largest absolute Gasteiger partial charge is 0.479 e. The number of aromatic nitrogens is 1. The van der Waals surface area contributed by atoms with Crippen LogP contribution in [-0.2, 0) is 4.79 Å². The SMILES string of the molecule is CCC(CC)NC(=O)C(C)Oc1ccc(C)nc1C=O. The number of hydrogen-bond donors (Lipinski definition) is 1. The molecule has 1 N–H and O–H groups in total. The molecular formula is C15H22N2O3. The van der Waals surface area contributed by atoms with Gasteiger partial charge >= 0.3 is 0 Å². The van der Waals surface area contributed by atoms with E-state index in [1.165, 1.54) is 0 Å². The third-order valence-corrected chi connectivity index (χ3v) is 3.14. The van der Waals surface area contributed by atoms with Gasteiger partial charge in [-0.1, -0.05) is 13.8 Å². The van der Waals surface area contributed by atoms with E-state index < -0.39 is 6.10 Å². The molecular weight excluding hydrogens is 256 g/mol. The first-order chi connectivity index (χ1) is 9.51. The topological polar surface area (TPSA) is 68.3 Å². The van der Waals surface area contributed by atoms with Gasteiger partial charge in [-0.15, -0.1) is 0 Å². The fraction of sp³-hybridized carbons (Fsp3) is 0.533. The second-order valence-corrected chi connectivity index (χ2v) is 4.74. The van der Waals surface area contributed by atoms with Crippen molar-refractivity contribution in [1.29, 1.82) is 0 Å². The molecule has 0 radical (unpaired) electrons. The summed E-state index contributed by atoms with van der Waals surface area (Å²) in [7, 11) is 0. The molecule has 110 valence electrons. The summed E-state index contributed by atoms with van der Waals surface area (Å²) in [5.41, 5.74) is 0.945. The van der Waals surface area contributed by atoms with Crippen molar-refractivity contribution < 1.29 is 14.3 Å². The molecule has 1 unspecified atom stereocenters. The van der Waals surface area contributed by atoms with Gasteiger partial charge in [-0.25, -0.2) is 4.98 Å². The van der Waals surface area contributed by atoms with Crippen molar-refractivity contribution in [3.63, 3.8) is 0 Å². The van der Waals surface area contributed by atoms with E-state index in [0.29, 0.717) is 12.0 Å². The molecule has 0 aliphatic heterocycles. The van der Waals surface area contributed by atoms with Crippen molar-refractivity contribution in [3.8, 4) is 5.75 Å². The standard InChI is InChI=1S/C15H22N2O3/c1-5-12(6-2)17-15(19)11(4)20-14-8-7-10(3)16-13(14)9-18/h7-9,11-12H,5-6H2,1-4H3,(H,17,19). The van der Waals surface area contributed by atoms with E-state index in [0.717, 1.165) is 18.5 Å². The van der Waals surface area contributed by atoms with Crippen LogP contribution in [0.3, 0.4) is 0 Å². The number of rotatable bonds is 7. The Morgan fingerprint density at radius 2 is 2.05 bits per heavy atom. The van der Waals surface area contributed by atoms with E-state index in [4.69, 9.17) is 4.74 Å². The smallest absolute Gasteiger partial charge is 0.260 e. The molecule has 1 aromatic heterocycles. The molecule has 1 rings (SSSR count). The van der Waals surface area contributed by atoms with Crippen molar-refractivity contribution >= 4 is 12.2 Å². The van der Waals surface area contributed by atoms with Gasteiger partial charge in [-0.3, -0.25) is 9.59 Å². The van der Waals surface area contributed by atoms with Crippen LogP contribution in [0.1, 0.15) is 49.8 Å². The van der Waals surface area contributed by atoms with Gasteiger partial charge in [0.2, 0.25) is 0 Å². The summed E-state index contributed by atoms with van der Waals surface area (Å²) in [6, 6.07) is 3.55. The maximum Gasteiger partial charge on any atom is 0.260 e. The lowest BCUT2D eigenvalue weighted by Crippen LogP contribution is -2.42. The summed E-state index contributed by atoms with van der Waals surface area (Å²) in [4.78, 5) is 27.0. The number of hydrogen-bond acceptors (Lipinski definition) is 4. The molecule has 1 atom stereocenters. The van der Waals surface area contributed by atoms with Crippen LogP contribution >= 0.6 is 0 Å². The Kier molecular flexibility index (Phi) is 6.15. The average Bonchev–Trinajstić information content (AvgIpc) is 2.45. The van der Waals surface area contributed by atoms with Crippen LogP contribution < -0.4 is 10.1 Å². The molecule has 20 heavy (non-hydrogen) atoms. The van der Waals surface area contributed by atoms with Crippen molar-refractivity contribution in [2.24, 2.45) is 0 Å². The zero-order chi connectivity index (χ0) is 15.1. The molecule has 0 fully saturated rings. The highest BCUT2D eigenvalue weighted by Gasteiger charge is 2.19. The third kappa shape index (κ3) is 4.33. The molecule has 1 heterocycles. The van der Waals surface area contributed by atoms with Crippen molar-refractivity contribution in [2.45, 2.75) is 52.7 Å². The summed E-state index contributed by atoms with van der Waals surface area (Å²) in [5.74, 6) is 0.147. The minimum Gasteiger partial charge on any atom is -0.479 e. The molecule has 0 aliphatic carbocycles. The van der Waals surface area contributed by atoms with Crippen molar-refractivity contribution in [2.75, 3.05) is 0 Å². The molecule has 0 bridgehead atoms. The zero-order valence-electron chi connectivity index (χ0n) is 12.5. The Morgan fingerprint density at radius 3 is 2.60 bits per heavy atom. The van der Waals surface area contributed by atoms with Crippen molar-refractivity contribution in [3.05, 3.63) is 23.5 Å². The van der Waals surface area contributed by atoms with Crippen LogP contribution in [0.2, 0.25) is 0 Å². The van der Waals surface area contributed by atoms with Crippen LogP contribution in [0.15, 0.2) is 12.1 Å². The highest BCUT2D eigenvalue weighted by atomic mass is 16.5. The van der Waals surface area contributed by atoms with Gasteiger partial charge in [0.25, 0.3) is 5.91 Å². The lowest BCUT2D eigenvalue weighted by molar-refractivity contribution is -0.128. The predicted octanol–water partition coefficient (Wildman–Crippen LogP) is 2.27. The van der Waals surface area contributed by atoms with E-state index >= 15 is 0 Å². The van der Waals surface area contributed by atoms with Gasteiger partial charge in [0.05, 0.1) is 0 Å². The fourth-order valence-electron chi connectivity index (χ4n) is 1.80. The van der Waals surface area contributed by atoms with Gasteiger partial charge in [-0.05, 0) is 38.8 Å². The number of amides is 1. The quantitative estimate of drug-likeness (QED) is 0.777. The van der Waals surface area contributed by atoms with Crippen LogP contribution in [0.25, 0.3) is 0 Å². The molecule has 5 heteroatoms. The molecule has 1 amide bonds. The Labute approximate surface area is 119 Å². The van der Waals surface area contributed by atoms with E-state index in [2.05, 4.69) is 10.3 Å². The van der Waals surface area contributed by atoms with Crippen LogP contribution in [0, 0.1) is 6.92 Å². The van der Waals surface area contributed by atoms with Gasteiger partial charge in [0, 0.05) is 11.7 Å².